The molecule has 0 aliphatic heterocycles. The van der Waals surface area contributed by atoms with Crippen LogP contribution in [0.5, 0.6) is 0 Å². The zero-order chi connectivity index (χ0) is 12.3. The zero-order valence-corrected chi connectivity index (χ0v) is 10.3. The van der Waals surface area contributed by atoms with Crippen LogP contribution in [0.1, 0.15) is 29.4 Å². The predicted octanol–water partition coefficient (Wildman–Crippen LogP) is 3.18. The summed E-state index contributed by atoms with van der Waals surface area (Å²) in [5.74, 6) is 0.0647. The van der Waals surface area contributed by atoms with Crippen molar-refractivity contribution in [3.63, 3.8) is 0 Å². The van der Waals surface area contributed by atoms with Gasteiger partial charge in [0, 0.05) is 24.2 Å². The largest absolute Gasteiger partial charge is 0.332 e. The number of nitrogens with zero attached hydrogens (tertiary/aromatic N) is 2. The van der Waals surface area contributed by atoms with Crippen molar-refractivity contribution in [2.45, 2.75) is 19.9 Å². The Morgan fingerprint density at radius 3 is 3.00 bits per heavy atom. The van der Waals surface area contributed by atoms with Crippen molar-refractivity contribution < 1.29 is 4.79 Å². The summed E-state index contributed by atoms with van der Waals surface area (Å²) in [6.07, 6.45) is 3.92. The predicted molar refractivity (Wildman–Crippen MR) is 67.4 cm³/mol. The van der Waals surface area contributed by atoms with E-state index < -0.39 is 0 Å². The lowest BCUT2D eigenvalue weighted by molar-refractivity contribution is 0.0984. The van der Waals surface area contributed by atoms with Crippen molar-refractivity contribution in [2.75, 3.05) is 0 Å². The van der Waals surface area contributed by atoms with Crippen molar-refractivity contribution >= 4 is 17.4 Å². The van der Waals surface area contributed by atoms with E-state index in [1.54, 1.807) is 12.5 Å². The molecule has 0 aliphatic carbocycles. The number of hydrogen-bond acceptors (Lipinski definition) is 2. The van der Waals surface area contributed by atoms with Gasteiger partial charge in [0.25, 0.3) is 0 Å². The van der Waals surface area contributed by atoms with E-state index in [2.05, 4.69) is 4.98 Å². The van der Waals surface area contributed by atoms with E-state index in [0.29, 0.717) is 23.7 Å². The van der Waals surface area contributed by atoms with Gasteiger partial charge in [-0.2, -0.15) is 0 Å². The van der Waals surface area contributed by atoms with Gasteiger partial charge in [0.2, 0.25) is 0 Å². The van der Waals surface area contributed by atoms with Crippen molar-refractivity contribution in [3.8, 4) is 0 Å². The molecule has 0 unspecified atom stereocenters. The molecule has 0 amide bonds. The van der Waals surface area contributed by atoms with Gasteiger partial charge in [-0.25, -0.2) is 4.98 Å². The lowest BCUT2D eigenvalue weighted by Gasteiger charge is -2.02. The van der Waals surface area contributed by atoms with Crippen LogP contribution < -0.4 is 0 Å². The maximum absolute atomic E-state index is 11.4. The minimum absolute atomic E-state index is 0.0647. The number of benzene rings is 1. The van der Waals surface area contributed by atoms with Gasteiger partial charge >= 0.3 is 0 Å². The molecule has 0 atom stereocenters. The van der Waals surface area contributed by atoms with E-state index >= 15 is 0 Å². The summed E-state index contributed by atoms with van der Waals surface area (Å²) in [6, 6.07) is 7.65. The van der Waals surface area contributed by atoms with E-state index in [-0.39, 0.29) is 5.78 Å². The summed E-state index contributed by atoms with van der Waals surface area (Å²) in [4.78, 5) is 15.5. The lowest BCUT2D eigenvalue weighted by atomic mass is 10.2. The number of imidazole rings is 1. The molecule has 2 rings (SSSR count). The highest BCUT2D eigenvalue weighted by Crippen LogP contribution is 2.12. The molecule has 0 radical (unpaired) electrons. The molecule has 1 aromatic carbocycles. The van der Waals surface area contributed by atoms with Gasteiger partial charge in [0.1, 0.15) is 5.69 Å². The Morgan fingerprint density at radius 1 is 1.47 bits per heavy atom. The van der Waals surface area contributed by atoms with Crippen LogP contribution in [0.2, 0.25) is 5.02 Å². The van der Waals surface area contributed by atoms with Crippen LogP contribution in [0.25, 0.3) is 0 Å². The fraction of sp³-hybridized carbons (Fsp3) is 0.231. The van der Waals surface area contributed by atoms with Gasteiger partial charge in [-0.3, -0.25) is 4.79 Å². The monoisotopic (exact) mass is 248 g/mol. The zero-order valence-electron chi connectivity index (χ0n) is 9.56. The molecule has 0 N–H and O–H groups in total. The topological polar surface area (TPSA) is 34.9 Å². The number of aromatic nitrogens is 2. The Morgan fingerprint density at radius 2 is 2.29 bits per heavy atom. The molecule has 0 spiro atoms. The molecule has 1 heterocycles. The maximum atomic E-state index is 11.4. The van der Waals surface area contributed by atoms with Gasteiger partial charge in [-0.05, 0) is 17.7 Å². The van der Waals surface area contributed by atoms with Crippen molar-refractivity contribution in [2.24, 2.45) is 0 Å². The van der Waals surface area contributed by atoms with Crippen LogP contribution in [-0.2, 0) is 6.54 Å². The molecule has 4 heteroatoms. The average Bonchev–Trinajstić information content (AvgIpc) is 2.76. The lowest BCUT2D eigenvalue weighted by Crippen LogP contribution is -1.98. The van der Waals surface area contributed by atoms with E-state index in [4.69, 9.17) is 11.6 Å². The first-order chi connectivity index (χ1) is 8.19. The second kappa shape index (κ2) is 5.15. The minimum Gasteiger partial charge on any atom is -0.332 e. The Kier molecular flexibility index (Phi) is 3.59. The van der Waals surface area contributed by atoms with Gasteiger partial charge in [0.15, 0.2) is 5.78 Å². The normalized spacial score (nSPS) is 10.5. The summed E-state index contributed by atoms with van der Waals surface area (Å²) in [6.45, 7) is 2.50. The van der Waals surface area contributed by atoms with Crippen molar-refractivity contribution in [1.29, 1.82) is 0 Å². The molecule has 2 aromatic rings. The second-order valence-electron chi connectivity index (χ2n) is 3.84. The van der Waals surface area contributed by atoms with Crippen LogP contribution >= 0.6 is 11.6 Å². The van der Waals surface area contributed by atoms with Gasteiger partial charge in [-0.15, -0.1) is 0 Å². The fourth-order valence-corrected chi connectivity index (χ4v) is 1.83. The Labute approximate surface area is 105 Å². The van der Waals surface area contributed by atoms with E-state index in [1.165, 1.54) is 0 Å². The molecular formula is C13H13ClN2O. The number of halogens is 1. The van der Waals surface area contributed by atoms with E-state index in [0.717, 1.165) is 5.56 Å². The number of carbonyl (C=O) groups is 1. The summed E-state index contributed by atoms with van der Waals surface area (Å²) in [5.41, 5.74) is 1.61. The smallest absolute Gasteiger partial charge is 0.182 e. The molecule has 3 nitrogen and oxygen atoms in total. The highest BCUT2D eigenvalue weighted by atomic mass is 35.5. The Balaban J connectivity index is 2.14. The van der Waals surface area contributed by atoms with Gasteiger partial charge in [0.05, 0.1) is 6.33 Å². The molecular weight excluding hydrogens is 236 g/mol. The van der Waals surface area contributed by atoms with Crippen LogP contribution in [0.3, 0.4) is 0 Å². The SMILES string of the molecule is CCC(=O)c1cn(Cc2cccc(Cl)c2)cn1. The van der Waals surface area contributed by atoms with Crippen LogP contribution in [0.4, 0.5) is 0 Å². The van der Waals surface area contributed by atoms with Crippen LogP contribution in [-0.4, -0.2) is 15.3 Å². The number of hydrogen-bond donors (Lipinski definition) is 0. The third-order valence-corrected chi connectivity index (χ3v) is 2.73. The quantitative estimate of drug-likeness (QED) is 0.779. The summed E-state index contributed by atoms with van der Waals surface area (Å²) in [5, 5.41) is 0.715. The molecule has 88 valence electrons. The first kappa shape index (κ1) is 11.9. The Bertz CT molecular complexity index is 534. The molecule has 0 aliphatic rings. The molecule has 0 saturated heterocycles. The van der Waals surface area contributed by atoms with Crippen LogP contribution in [0.15, 0.2) is 36.8 Å². The summed E-state index contributed by atoms with van der Waals surface area (Å²) >= 11 is 5.91. The van der Waals surface area contributed by atoms with E-state index in [1.807, 2.05) is 35.8 Å². The molecule has 1 aromatic heterocycles. The van der Waals surface area contributed by atoms with Crippen molar-refractivity contribution in [3.05, 3.63) is 53.1 Å². The van der Waals surface area contributed by atoms with Gasteiger partial charge < -0.3 is 4.57 Å². The van der Waals surface area contributed by atoms with Crippen molar-refractivity contribution in [1.82, 2.24) is 9.55 Å². The minimum atomic E-state index is 0.0647. The Hall–Kier alpha value is -1.61. The number of Topliss-reactive ketones (excluding diaryl/α,β-unsaturated/α-hetero) is 1. The molecule has 0 bridgehead atoms. The maximum Gasteiger partial charge on any atom is 0.182 e. The van der Waals surface area contributed by atoms with E-state index in [9.17, 15) is 4.79 Å². The summed E-state index contributed by atoms with van der Waals surface area (Å²) < 4.78 is 1.88. The second-order valence-corrected chi connectivity index (χ2v) is 4.27. The highest BCUT2D eigenvalue weighted by molar-refractivity contribution is 6.30. The third-order valence-electron chi connectivity index (χ3n) is 2.49. The first-order valence-electron chi connectivity index (χ1n) is 5.48. The number of ketones is 1. The third kappa shape index (κ3) is 2.94. The summed E-state index contributed by atoms with van der Waals surface area (Å²) in [7, 11) is 0. The number of carbonyl (C=O) groups excluding carboxylic acids is 1. The highest BCUT2D eigenvalue weighted by Gasteiger charge is 2.06. The first-order valence-corrected chi connectivity index (χ1v) is 5.86. The average molecular weight is 249 g/mol. The number of rotatable bonds is 4. The fourth-order valence-electron chi connectivity index (χ4n) is 1.62. The van der Waals surface area contributed by atoms with Crippen LogP contribution in [0, 0.1) is 0 Å². The molecule has 0 saturated carbocycles. The molecule has 0 fully saturated rings. The van der Waals surface area contributed by atoms with Gasteiger partial charge in [-0.1, -0.05) is 30.7 Å². The standard InChI is InChI=1S/C13H13ClN2O/c1-2-13(17)12-8-16(9-15-12)7-10-4-3-5-11(14)6-10/h3-6,8-9H,2,7H2,1H3. The molecule has 17 heavy (non-hydrogen) atoms.